The minimum Gasteiger partial charge on any atom is -0.493 e. The third kappa shape index (κ3) is 6.51. The molecule has 2 aliphatic rings. The van der Waals surface area contributed by atoms with E-state index >= 15 is 0 Å². The number of methoxy groups -OCH3 is 3. The number of likely N-dealkylation sites (tertiary alicyclic amines) is 2. The van der Waals surface area contributed by atoms with Gasteiger partial charge in [-0.15, -0.1) is 0 Å². The number of benzene rings is 2. The van der Waals surface area contributed by atoms with Crippen LogP contribution in [0.25, 0.3) is 10.9 Å². The van der Waals surface area contributed by atoms with Crippen molar-refractivity contribution in [3.05, 3.63) is 53.7 Å². The largest absolute Gasteiger partial charge is 0.493 e. The molecule has 3 aromatic rings. The molecule has 232 valence electrons. The second kappa shape index (κ2) is 13.8. The lowest BCUT2D eigenvalue weighted by Crippen LogP contribution is -2.58. The number of rotatable bonds is 10. The maximum atomic E-state index is 14.6. The zero-order chi connectivity index (χ0) is 30.5. The van der Waals surface area contributed by atoms with Crippen molar-refractivity contribution in [2.24, 2.45) is 5.73 Å². The number of hydrogen-bond donors (Lipinski definition) is 2. The van der Waals surface area contributed by atoms with Crippen LogP contribution in [0.2, 0.25) is 0 Å². The van der Waals surface area contributed by atoms with Gasteiger partial charge in [0.25, 0.3) is 0 Å². The summed E-state index contributed by atoms with van der Waals surface area (Å²) in [6, 6.07) is 10.6. The Bertz CT molecular complexity index is 1380. The highest BCUT2D eigenvalue weighted by Gasteiger charge is 2.40. The first-order valence-electron chi connectivity index (χ1n) is 15.3. The van der Waals surface area contributed by atoms with E-state index in [0.717, 1.165) is 55.5 Å². The highest BCUT2D eigenvalue weighted by atomic mass is 16.5. The predicted molar refractivity (Wildman–Crippen MR) is 166 cm³/mol. The van der Waals surface area contributed by atoms with Gasteiger partial charge in [0.05, 0.1) is 33.9 Å². The fourth-order valence-electron chi connectivity index (χ4n) is 6.80. The first-order valence-corrected chi connectivity index (χ1v) is 15.3. The Hall–Kier alpha value is -3.60. The normalized spacial score (nSPS) is 18.3. The average Bonchev–Trinajstić information content (AvgIpc) is 3.48. The Kier molecular flexibility index (Phi) is 9.90. The highest BCUT2D eigenvalue weighted by molar-refractivity contribution is 5.98. The van der Waals surface area contributed by atoms with Crippen molar-refractivity contribution in [1.82, 2.24) is 19.7 Å². The number of nitrogens with two attached hydrogens (primary N) is 1. The summed E-state index contributed by atoms with van der Waals surface area (Å²) in [6.45, 7) is 5.25. The van der Waals surface area contributed by atoms with Crippen LogP contribution in [0, 0.1) is 0 Å². The number of piperidine rings is 2. The second-order valence-electron chi connectivity index (χ2n) is 11.6. The zero-order valence-corrected chi connectivity index (χ0v) is 25.8. The average molecular weight is 592 g/mol. The van der Waals surface area contributed by atoms with Crippen molar-refractivity contribution in [3.63, 3.8) is 0 Å². The summed E-state index contributed by atoms with van der Waals surface area (Å²) in [4.78, 5) is 37.1. The molecule has 3 N–H and O–H groups in total. The Morgan fingerprint density at radius 3 is 2.23 bits per heavy atom. The highest BCUT2D eigenvalue weighted by Crippen LogP contribution is 2.39. The van der Waals surface area contributed by atoms with Crippen molar-refractivity contribution in [1.29, 1.82) is 0 Å². The van der Waals surface area contributed by atoms with Crippen LogP contribution >= 0.6 is 0 Å². The molecular formula is C33H45N5O5. The van der Waals surface area contributed by atoms with E-state index in [1.165, 1.54) is 38.2 Å². The summed E-state index contributed by atoms with van der Waals surface area (Å²) >= 11 is 0. The van der Waals surface area contributed by atoms with Gasteiger partial charge in [-0.25, -0.2) is 0 Å². The molecule has 0 bridgehead atoms. The van der Waals surface area contributed by atoms with E-state index in [2.05, 4.69) is 14.8 Å². The molecule has 0 saturated carbocycles. The lowest BCUT2D eigenvalue weighted by molar-refractivity contribution is -0.149. The van der Waals surface area contributed by atoms with E-state index in [9.17, 15) is 9.59 Å². The molecule has 1 aromatic heterocycles. The number of carbonyl (C=O) groups excluding carboxylic acids is 2. The lowest BCUT2D eigenvalue weighted by Gasteiger charge is -2.44. The number of H-pyrrole nitrogens is 1. The molecule has 5 rings (SSSR count). The van der Waals surface area contributed by atoms with Crippen LogP contribution in [0.4, 0.5) is 0 Å². The van der Waals surface area contributed by atoms with Gasteiger partial charge in [-0.1, -0.05) is 24.6 Å². The van der Waals surface area contributed by atoms with Crippen LogP contribution in [-0.4, -0.2) is 91.1 Å². The minimum absolute atomic E-state index is 0.0478. The molecule has 10 heteroatoms. The first kappa shape index (κ1) is 30.8. The standard InChI is InChI=1S/C33H45N5O5/c1-22(39)38(21-23-18-28(41-2)32(43-4)29(19-23)42-3)33(40)31(30(34)26-20-35-27-11-7-6-10-25(26)27)37-16-12-24(13-17-37)36-14-8-5-9-15-36/h6-7,10-11,18-20,24,30-31,35H,5,8-9,12-17,21,34H2,1-4H3. The number of carbonyl (C=O) groups is 2. The summed E-state index contributed by atoms with van der Waals surface area (Å²) in [6.07, 6.45) is 7.64. The van der Waals surface area contributed by atoms with Crippen LogP contribution in [0.1, 0.15) is 56.2 Å². The number of nitrogens with zero attached hydrogens (tertiary/aromatic N) is 3. The molecule has 2 amide bonds. The Balaban J connectivity index is 1.46. The molecule has 2 aliphatic heterocycles. The van der Waals surface area contributed by atoms with Crippen LogP contribution in [0.3, 0.4) is 0 Å². The number of para-hydroxylation sites is 1. The van der Waals surface area contributed by atoms with Crippen LogP contribution < -0.4 is 19.9 Å². The third-order valence-corrected chi connectivity index (χ3v) is 9.08. The minimum atomic E-state index is -0.715. The van der Waals surface area contributed by atoms with Gasteiger partial charge in [-0.3, -0.25) is 19.4 Å². The molecule has 0 radical (unpaired) electrons. The van der Waals surface area contributed by atoms with Gasteiger partial charge in [0.1, 0.15) is 6.04 Å². The van der Waals surface area contributed by atoms with E-state index in [0.29, 0.717) is 28.9 Å². The van der Waals surface area contributed by atoms with Gasteiger partial charge in [0.2, 0.25) is 17.6 Å². The zero-order valence-electron chi connectivity index (χ0n) is 25.8. The van der Waals surface area contributed by atoms with Crippen LogP contribution in [0.5, 0.6) is 17.2 Å². The van der Waals surface area contributed by atoms with Crippen molar-refractivity contribution < 1.29 is 23.8 Å². The lowest BCUT2D eigenvalue weighted by atomic mass is 9.93. The van der Waals surface area contributed by atoms with Crippen molar-refractivity contribution in [2.75, 3.05) is 47.5 Å². The predicted octanol–water partition coefficient (Wildman–Crippen LogP) is 4.09. The Morgan fingerprint density at radius 1 is 0.977 bits per heavy atom. The number of fused-ring (bicyclic) bond motifs is 1. The van der Waals surface area contributed by atoms with E-state index in [1.54, 1.807) is 26.4 Å². The summed E-state index contributed by atoms with van der Waals surface area (Å²) in [5, 5.41) is 0.981. The van der Waals surface area contributed by atoms with Gasteiger partial charge in [0.15, 0.2) is 11.5 Å². The third-order valence-electron chi connectivity index (χ3n) is 9.08. The van der Waals surface area contributed by atoms with E-state index < -0.39 is 12.1 Å². The fraction of sp³-hybridized carbons (Fsp3) is 0.515. The topological polar surface area (TPSA) is 113 Å². The monoisotopic (exact) mass is 591 g/mol. The molecule has 2 fully saturated rings. The van der Waals surface area contributed by atoms with Crippen molar-refractivity contribution >= 4 is 22.7 Å². The molecule has 3 heterocycles. The molecule has 2 aromatic carbocycles. The number of imide groups is 1. The van der Waals surface area contributed by atoms with Gasteiger partial charge in [0, 0.05) is 43.2 Å². The summed E-state index contributed by atoms with van der Waals surface area (Å²) in [7, 11) is 4.62. The molecule has 43 heavy (non-hydrogen) atoms. The number of hydrogen-bond acceptors (Lipinski definition) is 8. The summed E-state index contributed by atoms with van der Waals surface area (Å²) < 4.78 is 16.5. The van der Waals surface area contributed by atoms with Crippen molar-refractivity contribution in [3.8, 4) is 17.2 Å². The van der Waals surface area contributed by atoms with Gasteiger partial charge < -0.3 is 29.8 Å². The van der Waals surface area contributed by atoms with Gasteiger partial charge in [-0.2, -0.15) is 0 Å². The Morgan fingerprint density at radius 2 is 1.63 bits per heavy atom. The van der Waals surface area contributed by atoms with Gasteiger partial charge >= 0.3 is 0 Å². The fourth-order valence-corrected chi connectivity index (χ4v) is 6.80. The molecule has 0 aliphatic carbocycles. The molecule has 0 spiro atoms. The molecule has 10 nitrogen and oxygen atoms in total. The number of ether oxygens (including phenoxy) is 3. The molecule has 2 unspecified atom stereocenters. The maximum Gasteiger partial charge on any atom is 0.248 e. The van der Waals surface area contributed by atoms with E-state index in [1.807, 2.05) is 30.5 Å². The number of nitrogens with one attached hydrogen (secondary N) is 1. The number of amides is 2. The molecular weight excluding hydrogens is 546 g/mol. The van der Waals surface area contributed by atoms with Gasteiger partial charge in [-0.05, 0) is 68.1 Å². The maximum absolute atomic E-state index is 14.6. The number of aromatic amines is 1. The van der Waals surface area contributed by atoms with Crippen LogP contribution in [-0.2, 0) is 16.1 Å². The van der Waals surface area contributed by atoms with E-state index in [4.69, 9.17) is 19.9 Å². The second-order valence-corrected chi connectivity index (χ2v) is 11.6. The van der Waals surface area contributed by atoms with E-state index in [-0.39, 0.29) is 18.4 Å². The Labute approximate surface area is 254 Å². The quantitative estimate of drug-likeness (QED) is 0.363. The SMILES string of the molecule is COc1cc(CN(C(C)=O)C(=O)C(C(N)c2c[nH]c3ccccc23)N2CCC(N3CCCCC3)CC2)cc(OC)c1OC. The first-order chi connectivity index (χ1) is 20.9. The summed E-state index contributed by atoms with van der Waals surface area (Å²) in [5.41, 5.74) is 9.54. The summed E-state index contributed by atoms with van der Waals surface area (Å²) in [5.74, 6) is 0.707. The molecule has 2 atom stereocenters. The van der Waals surface area contributed by atoms with Crippen LogP contribution in [0.15, 0.2) is 42.6 Å². The smallest absolute Gasteiger partial charge is 0.248 e. The van der Waals surface area contributed by atoms with Crippen molar-refractivity contribution in [2.45, 2.75) is 63.7 Å². The molecule has 2 saturated heterocycles. The number of aromatic nitrogens is 1.